The number of nitrogens with zero attached hydrogens (tertiary/aromatic N) is 3. The normalized spacial score (nSPS) is 10.4. The van der Waals surface area contributed by atoms with Gasteiger partial charge in [-0.25, -0.2) is 4.98 Å². The molecule has 5 heteroatoms. The minimum Gasteiger partial charge on any atom is -0.395 e. The van der Waals surface area contributed by atoms with Crippen molar-refractivity contribution >= 4 is 5.91 Å². The van der Waals surface area contributed by atoms with Crippen molar-refractivity contribution < 1.29 is 9.90 Å². The highest BCUT2D eigenvalue weighted by molar-refractivity contribution is 5.92. The summed E-state index contributed by atoms with van der Waals surface area (Å²) in [6, 6.07) is 0. The molecular formula is C11H19N3O2. The van der Waals surface area contributed by atoms with Crippen LogP contribution in [0.15, 0.2) is 12.5 Å². The third kappa shape index (κ3) is 3.06. The fraction of sp³-hybridized carbons (Fsp3) is 0.636. The number of carbonyl (C=O) groups excluding carboxylic acids is 1. The zero-order valence-corrected chi connectivity index (χ0v) is 9.89. The highest BCUT2D eigenvalue weighted by atomic mass is 16.3. The van der Waals surface area contributed by atoms with Gasteiger partial charge < -0.3 is 14.6 Å². The summed E-state index contributed by atoms with van der Waals surface area (Å²) < 4.78 is 1.69. The predicted octanol–water partition coefficient (Wildman–Crippen LogP) is 0.655. The van der Waals surface area contributed by atoms with Crippen molar-refractivity contribution in [2.24, 2.45) is 7.05 Å². The van der Waals surface area contributed by atoms with Gasteiger partial charge in [-0.2, -0.15) is 0 Å². The Bertz CT molecular complexity index is 336. The SMILES string of the molecule is CCCCN(CCO)C(=O)c1cncn1C. The Labute approximate surface area is 95.7 Å². The minimum absolute atomic E-state index is 0.00664. The van der Waals surface area contributed by atoms with E-state index in [0.717, 1.165) is 12.8 Å². The number of unbranched alkanes of at least 4 members (excludes halogenated alkanes) is 1. The van der Waals surface area contributed by atoms with E-state index in [1.807, 2.05) is 0 Å². The summed E-state index contributed by atoms with van der Waals surface area (Å²) in [7, 11) is 1.79. The number of hydrogen-bond acceptors (Lipinski definition) is 3. The van der Waals surface area contributed by atoms with E-state index in [1.165, 1.54) is 0 Å². The van der Waals surface area contributed by atoms with E-state index in [4.69, 9.17) is 5.11 Å². The summed E-state index contributed by atoms with van der Waals surface area (Å²) in [6.07, 6.45) is 5.13. The molecule has 1 rings (SSSR count). The van der Waals surface area contributed by atoms with Crippen LogP contribution in [0.3, 0.4) is 0 Å². The first-order valence-electron chi connectivity index (χ1n) is 5.57. The maximum absolute atomic E-state index is 12.1. The lowest BCUT2D eigenvalue weighted by Crippen LogP contribution is -2.35. The number of hydrogen-bond donors (Lipinski definition) is 1. The smallest absolute Gasteiger partial charge is 0.272 e. The van der Waals surface area contributed by atoms with Crippen LogP contribution in [0.4, 0.5) is 0 Å². The Kier molecular flexibility index (Phi) is 4.98. The maximum Gasteiger partial charge on any atom is 0.272 e. The Morgan fingerprint density at radius 2 is 2.31 bits per heavy atom. The summed E-state index contributed by atoms with van der Waals surface area (Å²) in [5.74, 6) is -0.0671. The number of rotatable bonds is 6. The molecule has 0 bridgehead atoms. The van der Waals surface area contributed by atoms with E-state index in [2.05, 4.69) is 11.9 Å². The van der Waals surface area contributed by atoms with Gasteiger partial charge in [0, 0.05) is 20.1 Å². The third-order valence-electron chi connectivity index (χ3n) is 2.47. The molecule has 0 aliphatic rings. The van der Waals surface area contributed by atoms with Crippen molar-refractivity contribution in [3.05, 3.63) is 18.2 Å². The second kappa shape index (κ2) is 6.27. The lowest BCUT2D eigenvalue weighted by atomic mass is 10.3. The summed E-state index contributed by atoms with van der Waals surface area (Å²) in [5.41, 5.74) is 0.560. The lowest BCUT2D eigenvalue weighted by molar-refractivity contribution is 0.0710. The molecule has 0 fully saturated rings. The fourth-order valence-electron chi connectivity index (χ4n) is 1.51. The number of aryl methyl sites for hydroxylation is 1. The Morgan fingerprint density at radius 1 is 1.56 bits per heavy atom. The van der Waals surface area contributed by atoms with E-state index in [0.29, 0.717) is 18.8 Å². The van der Waals surface area contributed by atoms with Crippen molar-refractivity contribution in [1.29, 1.82) is 0 Å². The van der Waals surface area contributed by atoms with Gasteiger partial charge in [-0.3, -0.25) is 4.79 Å². The number of imidazole rings is 1. The molecule has 5 nitrogen and oxygen atoms in total. The van der Waals surface area contributed by atoms with Crippen molar-refractivity contribution in [2.75, 3.05) is 19.7 Å². The van der Waals surface area contributed by atoms with Crippen LogP contribution >= 0.6 is 0 Å². The van der Waals surface area contributed by atoms with Gasteiger partial charge in [0.2, 0.25) is 0 Å². The first-order valence-corrected chi connectivity index (χ1v) is 5.57. The first-order chi connectivity index (χ1) is 7.70. The number of aromatic nitrogens is 2. The molecule has 0 saturated carbocycles. The van der Waals surface area contributed by atoms with Crippen LogP contribution in [0.1, 0.15) is 30.3 Å². The molecule has 1 amide bonds. The molecule has 1 aromatic heterocycles. The average Bonchev–Trinajstić information content (AvgIpc) is 2.69. The van der Waals surface area contributed by atoms with Crippen LogP contribution in [0, 0.1) is 0 Å². The van der Waals surface area contributed by atoms with Crippen LogP contribution < -0.4 is 0 Å². The molecule has 0 aliphatic carbocycles. The van der Waals surface area contributed by atoms with Gasteiger partial charge in [0.1, 0.15) is 5.69 Å². The van der Waals surface area contributed by atoms with Gasteiger partial charge in [0.05, 0.1) is 19.1 Å². The van der Waals surface area contributed by atoms with Crippen LogP contribution in [-0.2, 0) is 7.05 Å². The predicted molar refractivity (Wildman–Crippen MR) is 61.1 cm³/mol. The monoisotopic (exact) mass is 225 g/mol. The molecule has 0 atom stereocenters. The fourth-order valence-corrected chi connectivity index (χ4v) is 1.51. The summed E-state index contributed by atoms with van der Waals surface area (Å²) in [5, 5.41) is 8.94. The van der Waals surface area contributed by atoms with E-state index in [9.17, 15) is 4.79 Å². The van der Waals surface area contributed by atoms with Gasteiger partial charge in [-0.1, -0.05) is 13.3 Å². The Morgan fingerprint density at radius 3 is 2.81 bits per heavy atom. The van der Waals surface area contributed by atoms with Crippen molar-refractivity contribution in [2.45, 2.75) is 19.8 Å². The van der Waals surface area contributed by atoms with Crippen molar-refractivity contribution in [3.8, 4) is 0 Å². The van der Waals surface area contributed by atoms with Gasteiger partial charge in [-0.05, 0) is 6.42 Å². The molecule has 1 aromatic rings. The number of amides is 1. The van der Waals surface area contributed by atoms with Crippen LogP contribution in [-0.4, -0.2) is 45.2 Å². The van der Waals surface area contributed by atoms with Crippen molar-refractivity contribution in [3.63, 3.8) is 0 Å². The summed E-state index contributed by atoms with van der Waals surface area (Å²) in [4.78, 5) is 17.7. The number of carbonyl (C=O) groups is 1. The molecule has 0 radical (unpaired) electrons. The maximum atomic E-state index is 12.1. The molecule has 0 spiro atoms. The molecule has 0 aliphatic heterocycles. The quantitative estimate of drug-likeness (QED) is 0.773. The van der Waals surface area contributed by atoms with E-state index in [-0.39, 0.29) is 12.5 Å². The lowest BCUT2D eigenvalue weighted by Gasteiger charge is -2.21. The third-order valence-corrected chi connectivity index (χ3v) is 2.47. The topological polar surface area (TPSA) is 58.4 Å². The van der Waals surface area contributed by atoms with Crippen molar-refractivity contribution in [1.82, 2.24) is 14.5 Å². The van der Waals surface area contributed by atoms with Gasteiger partial charge in [0.25, 0.3) is 5.91 Å². The average molecular weight is 225 g/mol. The number of aliphatic hydroxyl groups excluding tert-OH is 1. The molecule has 1 heterocycles. The van der Waals surface area contributed by atoms with Gasteiger partial charge >= 0.3 is 0 Å². The van der Waals surface area contributed by atoms with Gasteiger partial charge in [0.15, 0.2) is 0 Å². The molecule has 0 saturated heterocycles. The van der Waals surface area contributed by atoms with E-state index < -0.39 is 0 Å². The molecule has 90 valence electrons. The Balaban J connectivity index is 2.70. The summed E-state index contributed by atoms with van der Waals surface area (Å²) >= 11 is 0. The second-order valence-corrected chi connectivity index (χ2v) is 3.76. The minimum atomic E-state index is -0.0671. The number of aliphatic hydroxyl groups is 1. The van der Waals surface area contributed by atoms with Crippen LogP contribution in [0.2, 0.25) is 0 Å². The van der Waals surface area contributed by atoms with E-state index >= 15 is 0 Å². The molecule has 0 unspecified atom stereocenters. The molecular weight excluding hydrogens is 206 g/mol. The molecule has 1 N–H and O–H groups in total. The van der Waals surface area contributed by atoms with E-state index in [1.54, 1.807) is 29.0 Å². The standard InChI is InChI=1S/C11H19N3O2/c1-3-4-5-14(6-7-15)11(16)10-8-12-9-13(10)2/h8-9,15H,3-7H2,1-2H3. The van der Waals surface area contributed by atoms with Crippen LogP contribution in [0.25, 0.3) is 0 Å². The molecule has 0 aromatic carbocycles. The highest BCUT2D eigenvalue weighted by Crippen LogP contribution is 2.04. The second-order valence-electron chi connectivity index (χ2n) is 3.76. The Hall–Kier alpha value is -1.36. The van der Waals surface area contributed by atoms with Gasteiger partial charge in [-0.15, -0.1) is 0 Å². The molecule has 16 heavy (non-hydrogen) atoms. The van der Waals surface area contributed by atoms with Crippen LogP contribution in [0.5, 0.6) is 0 Å². The zero-order chi connectivity index (χ0) is 12.0. The first kappa shape index (κ1) is 12.7. The highest BCUT2D eigenvalue weighted by Gasteiger charge is 2.17. The summed E-state index contributed by atoms with van der Waals surface area (Å²) in [6.45, 7) is 3.13. The largest absolute Gasteiger partial charge is 0.395 e. The zero-order valence-electron chi connectivity index (χ0n) is 9.89.